The predicted molar refractivity (Wildman–Crippen MR) is 119 cm³/mol. The molecule has 0 unspecified atom stereocenters. The average molecular weight is 420 g/mol. The molecule has 0 aromatic heterocycles. The second-order valence-corrected chi connectivity index (χ2v) is 9.47. The van der Waals surface area contributed by atoms with E-state index in [0.29, 0.717) is 41.5 Å². The molecule has 4 saturated carbocycles. The first-order valence-corrected chi connectivity index (χ1v) is 11.4. The molecular weight excluding hydrogens is 390 g/mol. The Bertz CT molecular complexity index is 977. The van der Waals surface area contributed by atoms with E-state index >= 15 is 0 Å². The van der Waals surface area contributed by atoms with E-state index in [1.54, 1.807) is 30.5 Å². The first-order valence-electron chi connectivity index (χ1n) is 11.4. The van der Waals surface area contributed by atoms with Crippen molar-refractivity contribution in [2.24, 2.45) is 28.2 Å². The van der Waals surface area contributed by atoms with Gasteiger partial charge in [-0.1, -0.05) is 12.1 Å². The Morgan fingerprint density at radius 1 is 1.06 bits per heavy atom. The Hall–Kier alpha value is -2.82. The van der Waals surface area contributed by atoms with Gasteiger partial charge < -0.3 is 14.6 Å². The zero-order valence-corrected chi connectivity index (χ0v) is 17.9. The summed E-state index contributed by atoms with van der Waals surface area (Å²) in [5.74, 6) is 3.15. The molecule has 6 rings (SSSR count). The highest BCUT2D eigenvalue weighted by Gasteiger charge is 2.55. The third-order valence-corrected chi connectivity index (χ3v) is 7.18. The van der Waals surface area contributed by atoms with Crippen LogP contribution in [0.2, 0.25) is 0 Å². The number of phenols is 1. The van der Waals surface area contributed by atoms with Crippen molar-refractivity contribution in [3.05, 3.63) is 48.0 Å². The molecule has 4 aliphatic carbocycles. The lowest BCUT2D eigenvalue weighted by Crippen LogP contribution is -2.51. The smallest absolute Gasteiger partial charge is 0.317 e. The molecule has 0 spiro atoms. The number of para-hydroxylation sites is 2. The van der Waals surface area contributed by atoms with E-state index in [4.69, 9.17) is 9.47 Å². The SMILES string of the molecule is CCOc1cc(C=Nc2ccccc2O)ccc1OC(=O)C12CC3CC(CC(C3)C1)C2. The second kappa shape index (κ2) is 8.03. The number of hydrogen-bond acceptors (Lipinski definition) is 5. The Balaban J connectivity index is 1.35. The standard InChI is InChI=1S/C26H29NO4/c1-2-30-24-12-17(16-27-21-5-3-4-6-22(21)28)7-8-23(24)31-25(29)26-13-18-9-19(14-26)11-20(10-18)15-26/h3-8,12,16,18-20,28H,2,9-11,13-15H2,1H3. The zero-order chi connectivity index (χ0) is 21.4. The van der Waals surface area contributed by atoms with E-state index < -0.39 is 0 Å². The first-order chi connectivity index (χ1) is 15.0. The van der Waals surface area contributed by atoms with E-state index in [1.165, 1.54) is 19.3 Å². The summed E-state index contributed by atoms with van der Waals surface area (Å²) in [4.78, 5) is 17.7. The molecule has 162 valence electrons. The van der Waals surface area contributed by atoms with Gasteiger partial charge >= 0.3 is 5.97 Å². The molecule has 4 aliphatic rings. The minimum Gasteiger partial charge on any atom is -0.506 e. The fourth-order valence-electron chi connectivity index (χ4n) is 6.24. The van der Waals surface area contributed by atoms with Crippen LogP contribution in [0.5, 0.6) is 17.2 Å². The maximum absolute atomic E-state index is 13.3. The topological polar surface area (TPSA) is 68.1 Å². The number of esters is 1. The van der Waals surface area contributed by atoms with Crippen molar-refractivity contribution in [3.8, 4) is 17.2 Å². The zero-order valence-electron chi connectivity index (χ0n) is 17.9. The summed E-state index contributed by atoms with van der Waals surface area (Å²) >= 11 is 0. The fourth-order valence-corrected chi connectivity index (χ4v) is 6.24. The van der Waals surface area contributed by atoms with Crippen LogP contribution in [0, 0.1) is 23.2 Å². The van der Waals surface area contributed by atoms with E-state index in [1.807, 2.05) is 25.1 Å². The number of carbonyl (C=O) groups excluding carboxylic acids is 1. The Kier molecular flexibility index (Phi) is 5.20. The van der Waals surface area contributed by atoms with Crippen LogP contribution < -0.4 is 9.47 Å². The number of aromatic hydroxyl groups is 1. The summed E-state index contributed by atoms with van der Waals surface area (Å²) in [6, 6.07) is 12.4. The van der Waals surface area contributed by atoms with Gasteiger partial charge in [0.1, 0.15) is 11.4 Å². The van der Waals surface area contributed by atoms with Gasteiger partial charge in [-0.05, 0) is 99.1 Å². The van der Waals surface area contributed by atoms with Gasteiger partial charge in [0.15, 0.2) is 11.5 Å². The molecule has 0 heterocycles. The van der Waals surface area contributed by atoms with Crippen molar-refractivity contribution in [1.82, 2.24) is 0 Å². The molecule has 4 bridgehead atoms. The molecule has 0 amide bonds. The highest BCUT2D eigenvalue weighted by atomic mass is 16.6. The number of carbonyl (C=O) groups is 1. The van der Waals surface area contributed by atoms with E-state index in [2.05, 4.69) is 4.99 Å². The fraction of sp³-hybridized carbons (Fsp3) is 0.462. The summed E-state index contributed by atoms with van der Waals surface area (Å²) in [5, 5.41) is 9.89. The van der Waals surface area contributed by atoms with Crippen LogP contribution in [-0.4, -0.2) is 23.9 Å². The molecule has 31 heavy (non-hydrogen) atoms. The summed E-state index contributed by atoms with van der Waals surface area (Å²) in [7, 11) is 0. The number of phenolic OH excluding ortho intramolecular Hbond substituents is 1. The highest BCUT2D eigenvalue weighted by Crippen LogP contribution is 2.60. The van der Waals surface area contributed by atoms with Crippen molar-refractivity contribution in [2.45, 2.75) is 45.4 Å². The van der Waals surface area contributed by atoms with Crippen molar-refractivity contribution in [2.75, 3.05) is 6.61 Å². The van der Waals surface area contributed by atoms with Gasteiger partial charge in [0.25, 0.3) is 0 Å². The van der Waals surface area contributed by atoms with Gasteiger partial charge in [-0.25, -0.2) is 0 Å². The minimum atomic E-state index is -0.302. The molecule has 5 heteroatoms. The third-order valence-electron chi connectivity index (χ3n) is 7.18. The van der Waals surface area contributed by atoms with Gasteiger partial charge in [-0.2, -0.15) is 0 Å². The van der Waals surface area contributed by atoms with Crippen LogP contribution in [0.15, 0.2) is 47.5 Å². The number of rotatable bonds is 6. The molecule has 0 aliphatic heterocycles. The minimum absolute atomic E-state index is 0.0804. The van der Waals surface area contributed by atoms with Crippen LogP contribution in [0.1, 0.15) is 51.0 Å². The van der Waals surface area contributed by atoms with Crippen LogP contribution in [0.4, 0.5) is 5.69 Å². The molecule has 0 radical (unpaired) electrons. The van der Waals surface area contributed by atoms with Crippen LogP contribution in [-0.2, 0) is 4.79 Å². The normalized spacial score (nSPS) is 28.7. The predicted octanol–water partition coefficient (Wildman–Crippen LogP) is 5.66. The number of benzene rings is 2. The van der Waals surface area contributed by atoms with Gasteiger partial charge in [-0.3, -0.25) is 9.79 Å². The number of hydrogen-bond donors (Lipinski definition) is 1. The molecule has 0 saturated heterocycles. The van der Waals surface area contributed by atoms with E-state index in [9.17, 15) is 9.90 Å². The number of aliphatic imine (C=N–C) groups is 1. The average Bonchev–Trinajstić information content (AvgIpc) is 2.74. The Labute approximate surface area is 183 Å². The number of nitrogens with zero attached hydrogens (tertiary/aromatic N) is 1. The van der Waals surface area contributed by atoms with Gasteiger partial charge in [-0.15, -0.1) is 0 Å². The lowest BCUT2D eigenvalue weighted by molar-refractivity contribution is -0.161. The highest BCUT2D eigenvalue weighted by molar-refractivity contribution is 5.85. The molecule has 2 aromatic rings. The summed E-state index contributed by atoms with van der Waals surface area (Å²) in [6.45, 7) is 2.38. The lowest BCUT2D eigenvalue weighted by atomic mass is 9.49. The van der Waals surface area contributed by atoms with E-state index in [0.717, 1.165) is 24.8 Å². The van der Waals surface area contributed by atoms with Crippen LogP contribution in [0.25, 0.3) is 0 Å². The lowest BCUT2D eigenvalue weighted by Gasteiger charge is -2.55. The van der Waals surface area contributed by atoms with Gasteiger partial charge in [0, 0.05) is 6.21 Å². The largest absolute Gasteiger partial charge is 0.506 e. The van der Waals surface area contributed by atoms with Gasteiger partial charge in [0.2, 0.25) is 0 Å². The van der Waals surface area contributed by atoms with Crippen molar-refractivity contribution < 1.29 is 19.4 Å². The number of ether oxygens (including phenoxy) is 2. The molecule has 1 N–H and O–H groups in total. The molecule has 4 fully saturated rings. The van der Waals surface area contributed by atoms with Crippen LogP contribution in [0.3, 0.4) is 0 Å². The van der Waals surface area contributed by atoms with Crippen molar-refractivity contribution in [1.29, 1.82) is 0 Å². The van der Waals surface area contributed by atoms with Crippen molar-refractivity contribution >= 4 is 17.9 Å². The maximum atomic E-state index is 13.3. The summed E-state index contributed by atoms with van der Waals surface area (Å²) in [5.41, 5.74) is 1.00. The van der Waals surface area contributed by atoms with Crippen molar-refractivity contribution in [3.63, 3.8) is 0 Å². The van der Waals surface area contributed by atoms with Crippen LogP contribution >= 0.6 is 0 Å². The summed E-state index contributed by atoms with van der Waals surface area (Å²) in [6.07, 6.45) is 8.49. The second-order valence-electron chi connectivity index (χ2n) is 9.47. The molecular formula is C26H29NO4. The van der Waals surface area contributed by atoms with E-state index in [-0.39, 0.29) is 17.1 Å². The monoisotopic (exact) mass is 419 g/mol. The Morgan fingerprint density at radius 3 is 2.39 bits per heavy atom. The quantitative estimate of drug-likeness (QED) is 0.372. The molecule has 5 nitrogen and oxygen atoms in total. The molecule has 0 atom stereocenters. The third kappa shape index (κ3) is 3.93. The maximum Gasteiger partial charge on any atom is 0.317 e. The Morgan fingerprint density at radius 2 is 1.74 bits per heavy atom. The summed E-state index contributed by atoms with van der Waals surface area (Å²) < 4.78 is 11.8. The first kappa shape index (κ1) is 20.1. The molecule has 2 aromatic carbocycles. The van der Waals surface area contributed by atoms with Gasteiger partial charge in [0.05, 0.1) is 12.0 Å².